The van der Waals surface area contributed by atoms with E-state index in [0.29, 0.717) is 0 Å². The second kappa shape index (κ2) is 6.08. The maximum absolute atomic E-state index is 11.6. The number of rotatable bonds is 3. The minimum atomic E-state index is 0.144. The summed E-state index contributed by atoms with van der Waals surface area (Å²) in [7, 11) is 0. The van der Waals surface area contributed by atoms with Crippen LogP contribution in [-0.2, 0) is 11.2 Å². The summed E-state index contributed by atoms with van der Waals surface area (Å²) in [6.45, 7) is 5.92. The van der Waals surface area contributed by atoms with Gasteiger partial charge in [-0.25, -0.2) is 0 Å². The lowest BCUT2D eigenvalue weighted by Gasteiger charge is -2.26. The van der Waals surface area contributed by atoms with E-state index in [1.165, 1.54) is 36.9 Å². The van der Waals surface area contributed by atoms with Gasteiger partial charge in [-0.05, 0) is 54.9 Å². The topological polar surface area (TPSA) is 32.3 Å². The van der Waals surface area contributed by atoms with Gasteiger partial charge in [-0.2, -0.15) is 0 Å². The summed E-state index contributed by atoms with van der Waals surface area (Å²) in [4.78, 5) is 13.4. The average molecular weight is 286 g/mol. The van der Waals surface area contributed by atoms with Crippen LogP contribution < -0.4 is 10.2 Å². The van der Waals surface area contributed by atoms with E-state index in [1.807, 2.05) is 4.90 Å². The van der Waals surface area contributed by atoms with E-state index in [-0.39, 0.29) is 5.91 Å². The van der Waals surface area contributed by atoms with E-state index in [9.17, 15) is 4.79 Å². The molecule has 1 aromatic rings. The Bertz CT molecular complexity index is 518. The molecule has 1 aliphatic heterocycles. The van der Waals surface area contributed by atoms with Crippen molar-refractivity contribution in [2.24, 2.45) is 11.8 Å². The van der Waals surface area contributed by atoms with Crippen LogP contribution >= 0.6 is 0 Å². The van der Waals surface area contributed by atoms with Crippen LogP contribution in [0.4, 0.5) is 11.4 Å². The molecule has 1 fully saturated rings. The van der Waals surface area contributed by atoms with Crippen molar-refractivity contribution < 1.29 is 4.79 Å². The zero-order valence-electron chi connectivity index (χ0n) is 13.2. The van der Waals surface area contributed by atoms with Crippen LogP contribution in [0.2, 0.25) is 0 Å². The van der Waals surface area contributed by atoms with Crippen LogP contribution in [0.3, 0.4) is 0 Å². The highest BCUT2D eigenvalue weighted by molar-refractivity contribution is 5.94. The Labute approximate surface area is 127 Å². The Hall–Kier alpha value is -1.51. The Morgan fingerprint density at radius 1 is 1.29 bits per heavy atom. The maximum atomic E-state index is 11.6. The van der Waals surface area contributed by atoms with Crippen LogP contribution in [0.15, 0.2) is 18.2 Å². The first-order chi connectivity index (χ1) is 10.1. The summed E-state index contributed by atoms with van der Waals surface area (Å²) in [5.41, 5.74) is 3.60. The molecule has 0 aromatic heterocycles. The minimum absolute atomic E-state index is 0.144. The fourth-order valence-corrected chi connectivity index (χ4v) is 3.63. The molecule has 0 bridgehead atoms. The third-order valence-electron chi connectivity index (χ3n) is 5.09. The molecule has 3 nitrogen and oxygen atoms in total. The third-order valence-corrected chi connectivity index (χ3v) is 5.09. The van der Waals surface area contributed by atoms with Crippen LogP contribution in [-0.4, -0.2) is 19.0 Å². The lowest BCUT2D eigenvalue weighted by atomic mass is 9.83. The molecule has 0 saturated heterocycles. The lowest BCUT2D eigenvalue weighted by molar-refractivity contribution is -0.116. The normalized spacial score (nSPS) is 24.8. The van der Waals surface area contributed by atoms with Crippen molar-refractivity contribution in [1.82, 2.24) is 0 Å². The molecular formula is C18H26N2O. The van der Waals surface area contributed by atoms with Gasteiger partial charge >= 0.3 is 0 Å². The number of anilines is 2. The van der Waals surface area contributed by atoms with Crippen molar-refractivity contribution in [3.05, 3.63) is 23.8 Å². The first kappa shape index (κ1) is 14.4. The van der Waals surface area contributed by atoms with Gasteiger partial charge in [0.05, 0.1) is 0 Å². The molecule has 1 aromatic carbocycles. The number of nitrogens with one attached hydrogen (secondary N) is 1. The molecule has 0 spiro atoms. The predicted octanol–water partition coefficient (Wildman–Crippen LogP) is 3.83. The molecule has 1 N–H and O–H groups in total. The summed E-state index contributed by atoms with van der Waals surface area (Å²) in [5.74, 6) is 1.88. The molecule has 0 unspecified atom stereocenters. The molecule has 1 aliphatic carbocycles. The Morgan fingerprint density at radius 3 is 2.76 bits per heavy atom. The van der Waals surface area contributed by atoms with E-state index >= 15 is 0 Å². The zero-order chi connectivity index (χ0) is 14.8. The summed E-state index contributed by atoms with van der Waals surface area (Å²) in [5, 5.41) is 3.60. The van der Waals surface area contributed by atoms with Gasteiger partial charge < -0.3 is 10.2 Å². The molecule has 1 saturated carbocycles. The van der Waals surface area contributed by atoms with Crippen LogP contribution in [0.25, 0.3) is 0 Å². The van der Waals surface area contributed by atoms with Gasteiger partial charge in [-0.15, -0.1) is 0 Å². The van der Waals surface area contributed by atoms with Crippen molar-refractivity contribution in [2.75, 3.05) is 23.3 Å². The molecule has 21 heavy (non-hydrogen) atoms. The average Bonchev–Trinajstić information content (AvgIpc) is 2.90. The molecule has 3 heteroatoms. The first-order valence-electron chi connectivity index (χ1n) is 8.28. The fourth-order valence-electron chi connectivity index (χ4n) is 3.63. The summed E-state index contributed by atoms with van der Waals surface area (Å²) in [6, 6.07) is 6.43. The van der Waals surface area contributed by atoms with Crippen molar-refractivity contribution in [2.45, 2.75) is 46.0 Å². The smallest absolute Gasteiger partial charge is 0.223 e. The van der Waals surface area contributed by atoms with E-state index in [1.54, 1.807) is 6.92 Å². The molecule has 0 radical (unpaired) electrons. The SMILES string of the molecule is CC(=O)N1CCc2cc(NCC3CCC(C)CC3)ccc21. The van der Waals surface area contributed by atoms with Gasteiger partial charge in [0.2, 0.25) is 5.91 Å². The van der Waals surface area contributed by atoms with Gasteiger partial charge in [0, 0.05) is 31.4 Å². The third kappa shape index (κ3) is 3.22. The summed E-state index contributed by atoms with van der Waals surface area (Å²) < 4.78 is 0. The van der Waals surface area contributed by atoms with Crippen molar-refractivity contribution in [1.29, 1.82) is 0 Å². The van der Waals surface area contributed by atoms with Gasteiger partial charge in [0.1, 0.15) is 0 Å². The Kier molecular flexibility index (Phi) is 4.18. The second-order valence-corrected chi connectivity index (χ2v) is 6.77. The molecular weight excluding hydrogens is 260 g/mol. The number of benzene rings is 1. The van der Waals surface area contributed by atoms with Gasteiger partial charge in [0.25, 0.3) is 0 Å². The van der Waals surface area contributed by atoms with Crippen molar-refractivity contribution in [3.63, 3.8) is 0 Å². The largest absolute Gasteiger partial charge is 0.385 e. The zero-order valence-corrected chi connectivity index (χ0v) is 13.2. The monoisotopic (exact) mass is 286 g/mol. The van der Waals surface area contributed by atoms with Gasteiger partial charge in [-0.1, -0.05) is 19.8 Å². The molecule has 1 amide bonds. The summed E-state index contributed by atoms with van der Waals surface area (Å²) >= 11 is 0. The predicted molar refractivity (Wildman–Crippen MR) is 87.8 cm³/mol. The van der Waals surface area contributed by atoms with Crippen molar-refractivity contribution >= 4 is 17.3 Å². The van der Waals surface area contributed by atoms with E-state index in [0.717, 1.165) is 37.0 Å². The number of amides is 1. The van der Waals surface area contributed by atoms with Crippen LogP contribution in [0.5, 0.6) is 0 Å². The van der Waals surface area contributed by atoms with Crippen molar-refractivity contribution in [3.8, 4) is 0 Å². The van der Waals surface area contributed by atoms with Gasteiger partial charge in [0.15, 0.2) is 0 Å². The molecule has 0 atom stereocenters. The van der Waals surface area contributed by atoms with Crippen LogP contribution in [0, 0.1) is 11.8 Å². The van der Waals surface area contributed by atoms with E-state index < -0.39 is 0 Å². The standard InChI is InChI=1S/C18H26N2O/c1-13-3-5-15(6-4-13)12-19-17-7-8-18-16(11-17)9-10-20(18)14(2)21/h7-8,11,13,15,19H,3-6,9-10,12H2,1-2H3. The quantitative estimate of drug-likeness (QED) is 0.915. The molecule has 1 heterocycles. The molecule has 114 valence electrons. The number of hydrogen-bond acceptors (Lipinski definition) is 2. The Balaban J connectivity index is 1.59. The summed E-state index contributed by atoms with van der Waals surface area (Å²) in [6.07, 6.45) is 6.45. The highest BCUT2D eigenvalue weighted by atomic mass is 16.2. The van der Waals surface area contributed by atoms with Crippen LogP contribution in [0.1, 0.15) is 45.1 Å². The highest BCUT2D eigenvalue weighted by Gasteiger charge is 2.22. The van der Waals surface area contributed by atoms with E-state index in [4.69, 9.17) is 0 Å². The minimum Gasteiger partial charge on any atom is -0.385 e. The number of carbonyl (C=O) groups is 1. The number of nitrogens with zero attached hydrogens (tertiary/aromatic N) is 1. The van der Waals surface area contributed by atoms with Gasteiger partial charge in [-0.3, -0.25) is 4.79 Å². The second-order valence-electron chi connectivity index (χ2n) is 6.77. The Morgan fingerprint density at radius 2 is 2.05 bits per heavy atom. The number of hydrogen-bond donors (Lipinski definition) is 1. The lowest BCUT2D eigenvalue weighted by Crippen LogP contribution is -2.25. The number of fused-ring (bicyclic) bond motifs is 1. The maximum Gasteiger partial charge on any atom is 0.223 e. The fraction of sp³-hybridized carbons (Fsp3) is 0.611. The molecule has 3 rings (SSSR count). The number of carbonyl (C=O) groups excluding carboxylic acids is 1. The molecule has 2 aliphatic rings. The first-order valence-corrected chi connectivity index (χ1v) is 8.28. The highest BCUT2D eigenvalue weighted by Crippen LogP contribution is 2.32. The van der Waals surface area contributed by atoms with E-state index in [2.05, 4.69) is 30.4 Å².